The largest absolute Gasteiger partial charge is 0.322 e. The molecule has 118 valence electrons. The topological polar surface area (TPSA) is 44.7 Å². The van der Waals surface area contributed by atoms with Crippen LogP contribution in [0.25, 0.3) is 0 Å². The Morgan fingerprint density at radius 3 is 2.83 bits per heavy atom. The zero-order valence-corrected chi connectivity index (χ0v) is 13.7. The summed E-state index contributed by atoms with van der Waals surface area (Å²) in [6.07, 6.45) is 2.03. The maximum atomic E-state index is 12.1. The highest BCUT2D eigenvalue weighted by Gasteiger charge is 2.23. The van der Waals surface area contributed by atoms with E-state index in [9.17, 15) is 4.79 Å². The lowest BCUT2D eigenvalue weighted by Gasteiger charge is -2.30. The number of rotatable bonds is 3. The zero-order valence-electron chi connectivity index (χ0n) is 12.9. The van der Waals surface area contributed by atoms with Gasteiger partial charge in [-0.3, -0.25) is 10.2 Å². The minimum absolute atomic E-state index is 0.0729. The monoisotopic (exact) mass is 327 g/mol. The molecular formula is C18H18ClN3O. The number of ketones is 1. The van der Waals surface area contributed by atoms with E-state index in [0.717, 1.165) is 30.8 Å². The first-order chi connectivity index (χ1) is 11.1. The Morgan fingerprint density at radius 1 is 1.22 bits per heavy atom. The number of carbonyl (C=O) groups excluding carboxylic acids is 1. The minimum Gasteiger partial charge on any atom is -0.322 e. The number of nitrogens with zero attached hydrogens (tertiary/aromatic N) is 2. The number of fused-ring (bicyclic) bond motifs is 1. The van der Waals surface area contributed by atoms with E-state index >= 15 is 0 Å². The minimum atomic E-state index is -0.0729. The van der Waals surface area contributed by atoms with Crippen molar-refractivity contribution in [1.82, 2.24) is 0 Å². The highest BCUT2D eigenvalue weighted by atomic mass is 35.5. The Hall–Kier alpha value is -2.33. The highest BCUT2D eigenvalue weighted by molar-refractivity contribution is 6.43. The number of Topliss-reactive ketones (excluding diaryl/α,β-unsaturated/α-hetero) is 1. The second-order valence-corrected chi connectivity index (χ2v) is 5.93. The summed E-state index contributed by atoms with van der Waals surface area (Å²) < 4.78 is 0. The standard InChI is InChI=1S/C18H18ClN3O/c1-13(23)18(21-20-16-9-4-8-15(19)12-16)22-11-5-7-14-6-2-3-10-17(14)22/h2-4,6,8-10,12,20H,5,7,11H2,1H3. The number of para-hydroxylation sites is 1. The molecule has 0 aromatic heterocycles. The summed E-state index contributed by atoms with van der Waals surface area (Å²) in [6, 6.07) is 15.4. The van der Waals surface area contributed by atoms with Crippen molar-refractivity contribution in [1.29, 1.82) is 0 Å². The molecule has 1 N–H and O–H groups in total. The van der Waals surface area contributed by atoms with Crippen LogP contribution in [-0.2, 0) is 11.2 Å². The fraction of sp³-hybridized carbons (Fsp3) is 0.222. The molecule has 0 spiro atoms. The lowest BCUT2D eigenvalue weighted by Crippen LogP contribution is -2.39. The predicted molar refractivity (Wildman–Crippen MR) is 95.3 cm³/mol. The first-order valence-electron chi connectivity index (χ1n) is 7.61. The molecule has 23 heavy (non-hydrogen) atoms. The van der Waals surface area contributed by atoms with Crippen LogP contribution >= 0.6 is 11.6 Å². The van der Waals surface area contributed by atoms with Crippen molar-refractivity contribution in [3.05, 3.63) is 59.1 Å². The Labute approximate surface area is 140 Å². The van der Waals surface area contributed by atoms with Gasteiger partial charge in [-0.2, -0.15) is 5.10 Å². The molecule has 1 aliphatic rings. The predicted octanol–water partition coefficient (Wildman–Crippen LogP) is 4.11. The molecule has 5 heteroatoms. The molecule has 0 aliphatic carbocycles. The average molecular weight is 328 g/mol. The van der Waals surface area contributed by atoms with Gasteiger partial charge < -0.3 is 4.90 Å². The maximum absolute atomic E-state index is 12.1. The number of carbonyl (C=O) groups is 1. The summed E-state index contributed by atoms with van der Waals surface area (Å²) in [7, 11) is 0. The van der Waals surface area contributed by atoms with E-state index in [1.54, 1.807) is 12.1 Å². The normalized spacial score (nSPS) is 14.3. The number of hydrogen-bond donors (Lipinski definition) is 1. The molecule has 0 radical (unpaired) electrons. The maximum Gasteiger partial charge on any atom is 0.197 e. The van der Waals surface area contributed by atoms with E-state index in [0.29, 0.717) is 10.9 Å². The number of anilines is 2. The number of nitrogens with one attached hydrogen (secondary N) is 1. The summed E-state index contributed by atoms with van der Waals surface area (Å²) in [4.78, 5) is 14.1. The Kier molecular flexibility index (Phi) is 4.63. The van der Waals surface area contributed by atoms with Gasteiger partial charge in [-0.15, -0.1) is 0 Å². The Balaban J connectivity index is 1.91. The van der Waals surface area contributed by atoms with Crippen molar-refractivity contribution in [2.45, 2.75) is 19.8 Å². The van der Waals surface area contributed by atoms with E-state index in [-0.39, 0.29) is 5.78 Å². The smallest absolute Gasteiger partial charge is 0.197 e. The number of benzene rings is 2. The van der Waals surface area contributed by atoms with Gasteiger partial charge in [-0.1, -0.05) is 35.9 Å². The van der Waals surface area contributed by atoms with E-state index in [2.05, 4.69) is 16.6 Å². The number of hydrazone groups is 1. The van der Waals surface area contributed by atoms with Crippen LogP contribution in [0.4, 0.5) is 11.4 Å². The molecule has 0 amide bonds. The van der Waals surface area contributed by atoms with Crippen molar-refractivity contribution >= 4 is 34.6 Å². The van der Waals surface area contributed by atoms with Crippen LogP contribution in [0.1, 0.15) is 18.9 Å². The first-order valence-corrected chi connectivity index (χ1v) is 7.98. The van der Waals surface area contributed by atoms with Crippen LogP contribution in [0.3, 0.4) is 0 Å². The van der Waals surface area contributed by atoms with Crippen LogP contribution in [-0.4, -0.2) is 18.2 Å². The van der Waals surface area contributed by atoms with Crippen molar-refractivity contribution < 1.29 is 4.79 Å². The molecule has 1 heterocycles. The van der Waals surface area contributed by atoms with E-state index < -0.39 is 0 Å². The molecule has 1 aliphatic heterocycles. The number of amidine groups is 1. The molecule has 0 atom stereocenters. The number of aryl methyl sites for hydroxylation is 1. The number of halogens is 1. The SMILES string of the molecule is CC(=O)C(=NNc1cccc(Cl)c1)N1CCCc2ccccc21. The zero-order chi connectivity index (χ0) is 16.2. The summed E-state index contributed by atoms with van der Waals surface area (Å²) in [6.45, 7) is 2.32. The van der Waals surface area contributed by atoms with E-state index in [1.165, 1.54) is 12.5 Å². The van der Waals surface area contributed by atoms with Gasteiger partial charge in [0.1, 0.15) is 0 Å². The van der Waals surface area contributed by atoms with E-state index in [1.807, 2.05) is 35.2 Å². The van der Waals surface area contributed by atoms with Gasteiger partial charge in [-0.05, 0) is 42.7 Å². The fourth-order valence-corrected chi connectivity index (χ4v) is 2.95. The molecule has 4 nitrogen and oxygen atoms in total. The molecule has 0 saturated carbocycles. The molecule has 2 aromatic rings. The molecule has 0 saturated heterocycles. The van der Waals surface area contributed by atoms with Crippen LogP contribution < -0.4 is 10.3 Å². The highest BCUT2D eigenvalue weighted by Crippen LogP contribution is 2.27. The second-order valence-electron chi connectivity index (χ2n) is 5.50. The van der Waals surface area contributed by atoms with Gasteiger partial charge in [0.15, 0.2) is 11.6 Å². The lowest BCUT2D eigenvalue weighted by molar-refractivity contribution is -0.111. The number of hydrogen-bond acceptors (Lipinski definition) is 3. The Morgan fingerprint density at radius 2 is 2.04 bits per heavy atom. The van der Waals surface area contributed by atoms with Gasteiger partial charge in [0, 0.05) is 24.2 Å². The molecule has 2 aromatic carbocycles. The fourth-order valence-electron chi connectivity index (χ4n) is 2.76. The summed E-state index contributed by atoms with van der Waals surface area (Å²) in [5.74, 6) is 0.341. The van der Waals surface area contributed by atoms with Gasteiger partial charge in [0.25, 0.3) is 0 Å². The van der Waals surface area contributed by atoms with Crippen molar-refractivity contribution in [3.63, 3.8) is 0 Å². The molecule has 3 rings (SSSR count). The van der Waals surface area contributed by atoms with Crippen molar-refractivity contribution in [2.24, 2.45) is 5.10 Å². The van der Waals surface area contributed by atoms with Gasteiger partial charge in [-0.25, -0.2) is 0 Å². The van der Waals surface area contributed by atoms with Gasteiger partial charge >= 0.3 is 0 Å². The Bertz CT molecular complexity index is 757. The third kappa shape index (κ3) is 3.54. The third-order valence-corrected chi connectivity index (χ3v) is 4.03. The van der Waals surface area contributed by atoms with Crippen molar-refractivity contribution in [2.75, 3.05) is 16.9 Å². The average Bonchev–Trinajstić information content (AvgIpc) is 2.55. The lowest BCUT2D eigenvalue weighted by atomic mass is 10.0. The first kappa shape index (κ1) is 15.6. The van der Waals surface area contributed by atoms with Gasteiger partial charge in [0.05, 0.1) is 5.69 Å². The van der Waals surface area contributed by atoms with Crippen LogP contribution in [0.15, 0.2) is 53.6 Å². The molecule has 0 fully saturated rings. The summed E-state index contributed by atoms with van der Waals surface area (Å²) in [5, 5.41) is 4.96. The second kappa shape index (κ2) is 6.84. The van der Waals surface area contributed by atoms with E-state index in [4.69, 9.17) is 11.6 Å². The quantitative estimate of drug-likeness (QED) is 0.524. The van der Waals surface area contributed by atoms with Crippen LogP contribution in [0.2, 0.25) is 5.02 Å². The molecular weight excluding hydrogens is 310 g/mol. The van der Waals surface area contributed by atoms with Crippen LogP contribution in [0, 0.1) is 0 Å². The summed E-state index contributed by atoms with van der Waals surface area (Å²) in [5.41, 5.74) is 5.99. The third-order valence-electron chi connectivity index (χ3n) is 3.80. The molecule has 0 bridgehead atoms. The van der Waals surface area contributed by atoms with Gasteiger partial charge in [0.2, 0.25) is 0 Å². The molecule has 0 unspecified atom stereocenters. The van der Waals surface area contributed by atoms with Crippen LogP contribution in [0.5, 0.6) is 0 Å². The van der Waals surface area contributed by atoms with Crippen molar-refractivity contribution in [3.8, 4) is 0 Å². The summed E-state index contributed by atoms with van der Waals surface area (Å²) >= 11 is 5.97.